The van der Waals surface area contributed by atoms with Crippen LogP contribution in [-0.4, -0.2) is 33.6 Å². The number of benzene rings is 2. The van der Waals surface area contributed by atoms with E-state index in [1.165, 1.54) is 0 Å². The fraction of sp³-hybridized carbons (Fsp3) is 0.227. The van der Waals surface area contributed by atoms with Gasteiger partial charge >= 0.3 is 0 Å². The molecule has 1 heterocycles. The smallest absolute Gasteiger partial charge is 0.264 e. The molecule has 0 aliphatic rings. The molecule has 0 aliphatic heterocycles. The van der Waals surface area contributed by atoms with Crippen molar-refractivity contribution in [1.29, 1.82) is 0 Å². The Morgan fingerprint density at radius 1 is 1.24 bits per heavy atom. The van der Waals surface area contributed by atoms with Crippen molar-refractivity contribution < 1.29 is 14.1 Å². The first-order chi connectivity index (χ1) is 14.1. The van der Waals surface area contributed by atoms with Gasteiger partial charge in [-0.05, 0) is 42.8 Å². The zero-order valence-corrected chi connectivity index (χ0v) is 16.9. The lowest BCUT2D eigenvalue weighted by atomic mass is 10.2. The van der Waals surface area contributed by atoms with Crippen LogP contribution in [0, 0.1) is 0 Å². The quantitative estimate of drug-likeness (QED) is 0.475. The molecule has 1 amide bonds. The molecule has 2 aromatic carbocycles. The number of rotatable bonds is 9. The second-order valence-electron chi connectivity index (χ2n) is 6.35. The van der Waals surface area contributed by atoms with E-state index in [0.29, 0.717) is 35.5 Å². The first-order valence-corrected chi connectivity index (χ1v) is 9.68. The largest absolute Gasteiger partial charge is 0.481 e. The number of para-hydroxylation sites is 1. The van der Waals surface area contributed by atoms with Gasteiger partial charge in [0.2, 0.25) is 11.7 Å². The predicted octanol–water partition coefficient (Wildman–Crippen LogP) is 4.76. The lowest BCUT2D eigenvalue weighted by Gasteiger charge is -2.25. The number of ether oxygens (including phenoxy) is 1. The predicted molar refractivity (Wildman–Crippen MR) is 112 cm³/mol. The fourth-order valence-corrected chi connectivity index (χ4v) is 2.89. The van der Waals surface area contributed by atoms with Crippen LogP contribution in [0.25, 0.3) is 11.4 Å². The lowest BCUT2D eigenvalue weighted by Crippen LogP contribution is -2.41. The first kappa shape index (κ1) is 20.6. The van der Waals surface area contributed by atoms with Crippen LogP contribution in [0.1, 0.15) is 19.2 Å². The Morgan fingerprint density at radius 2 is 1.97 bits per heavy atom. The molecule has 0 unspecified atom stereocenters. The summed E-state index contributed by atoms with van der Waals surface area (Å²) in [5, 5.41) is 4.63. The van der Waals surface area contributed by atoms with E-state index in [4.69, 9.17) is 20.9 Å². The molecule has 150 valence electrons. The maximum Gasteiger partial charge on any atom is 0.264 e. The summed E-state index contributed by atoms with van der Waals surface area (Å²) < 4.78 is 11.2. The van der Waals surface area contributed by atoms with Gasteiger partial charge in [-0.15, -0.1) is 6.58 Å². The van der Waals surface area contributed by atoms with E-state index in [1.807, 2.05) is 49.4 Å². The highest BCUT2D eigenvalue weighted by Crippen LogP contribution is 2.20. The highest BCUT2D eigenvalue weighted by atomic mass is 35.5. The summed E-state index contributed by atoms with van der Waals surface area (Å²) in [4.78, 5) is 19.0. The summed E-state index contributed by atoms with van der Waals surface area (Å²) in [5.74, 6) is 1.26. The average molecular weight is 412 g/mol. The minimum atomic E-state index is -0.615. The van der Waals surface area contributed by atoms with Gasteiger partial charge in [-0.1, -0.05) is 48.0 Å². The molecule has 6 nitrogen and oxygen atoms in total. The van der Waals surface area contributed by atoms with E-state index < -0.39 is 6.10 Å². The van der Waals surface area contributed by atoms with Crippen LogP contribution in [0.4, 0.5) is 0 Å². The molecule has 0 fully saturated rings. The highest BCUT2D eigenvalue weighted by molar-refractivity contribution is 6.30. The van der Waals surface area contributed by atoms with Gasteiger partial charge in [0.15, 0.2) is 6.10 Å². The van der Waals surface area contributed by atoms with Crippen LogP contribution in [0.15, 0.2) is 71.8 Å². The second-order valence-corrected chi connectivity index (χ2v) is 6.79. The van der Waals surface area contributed by atoms with Gasteiger partial charge in [0.25, 0.3) is 5.91 Å². The van der Waals surface area contributed by atoms with Crippen molar-refractivity contribution in [1.82, 2.24) is 15.0 Å². The number of amides is 1. The molecule has 0 aliphatic carbocycles. The number of carbonyl (C=O) groups excluding carboxylic acids is 1. The Kier molecular flexibility index (Phi) is 7.03. The topological polar surface area (TPSA) is 68.5 Å². The van der Waals surface area contributed by atoms with Crippen molar-refractivity contribution in [3.8, 4) is 17.1 Å². The summed E-state index contributed by atoms with van der Waals surface area (Å²) in [6.45, 7) is 6.15. The molecule has 0 saturated carbocycles. The van der Waals surface area contributed by atoms with Crippen LogP contribution in [0.5, 0.6) is 5.75 Å². The summed E-state index contributed by atoms with van der Waals surface area (Å²) in [6, 6.07) is 16.4. The zero-order chi connectivity index (χ0) is 20.6. The van der Waals surface area contributed by atoms with Crippen molar-refractivity contribution in [3.63, 3.8) is 0 Å². The molecular formula is C22H22ClN3O3. The molecular weight excluding hydrogens is 390 g/mol. The monoisotopic (exact) mass is 411 g/mol. The summed E-state index contributed by atoms with van der Waals surface area (Å²) in [5.41, 5.74) is 0.782. The van der Waals surface area contributed by atoms with Crippen LogP contribution < -0.4 is 4.74 Å². The molecule has 29 heavy (non-hydrogen) atoms. The van der Waals surface area contributed by atoms with Gasteiger partial charge < -0.3 is 14.2 Å². The number of carbonyl (C=O) groups is 1. The van der Waals surface area contributed by atoms with E-state index in [9.17, 15) is 4.79 Å². The van der Waals surface area contributed by atoms with Gasteiger partial charge in [0.1, 0.15) is 12.3 Å². The zero-order valence-electron chi connectivity index (χ0n) is 16.1. The molecule has 0 spiro atoms. The third-order valence-electron chi connectivity index (χ3n) is 4.23. The fourth-order valence-electron chi connectivity index (χ4n) is 2.76. The highest BCUT2D eigenvalue weighted by Gasteiger charge is 2.26. The Balaban J connectivity index is 1.72. The molecule has 1 aromatic heterocycles. The van der Waals surface area contributed by atoms with E-state index in [1.54, 1.807) is 23.1 Å². The molecule has 3 rings (SSSR count). The van der Waals surface area contributed by atoms with E-state index in [0.717, 1.165) is 5.56 Å². The van der Waals surface area contributed by atoms with Crippen molar-refractivity contribution in [2.75, 3.05) is 6.54 Å². The van der Waals surface area contributed by atoms with Crippen molar-refractivity contribution in [2.24, 2.45) is 0 Å². The Labute approximate surface area is 174 Å². The summed E-state index contributed by atoms with van der Waals surface area (Å²) >= 11 is 5.91. The van der Waals surface area contributed by atoms with Crippen molar-refractivity contribution in [3.05, 3.63) is 78.2 Å². The number of nitrogens with zero attached hydrogens (tertiary/aromatic N) is 3. The Morgan fingerprint density at radius 3 is 2.62 bits per heavy atom. The number of hydrogen-bond acceptors (Lipinski definition) is 5. The number of hydrogen-bond donors (Lipinski definition) is 0. The standard InChI is InChI=1S/C22H22ClN3O3/c1-3-14-26(22(27)19(4-2)28-18-8-6-5-7-9-18)15-20-24-21(25-29-20)16-10-12-17(23)13-11-16/h3,5-13,19H,1,4,14-15H2,2H3/t19-/m1/s1. The van der Waals surface area contributed by atoms with E-state index in [2.05, 4.69) is 16.7 Å². The van der Waals surface area contributed by atoms with Crippen molar-refractivity contribution in [2.45, 2.75) is 26.0 Å². The number of halogens is 1. The van der Waals surface area contributed by atoms with Crippen LogP contribution in [0.3, 0.4) is 0 Å². The van der Waals surface area contributed by atoms with E-state index >= 15 is 0 Å². The van der Waals surface area contributed by atoms with Gasteiger partial charge in [0.05, 0.1) is 0 Å². The summed E-state index contributed by atoms with van der Waals surface area (Å²) in [7, 11) is 0. The summed E-state index contributed by atoms with van der Waals surface area (Å²) in [6.07, 6.45) is 1.57. The van der Waals surface area contributed by atoms with Gasteiger partial charge in [-0.3, -0.25) is 4.79 Å². The molecule has 7 heteroatoms. The van der Waals surface area contributed by atoms with Gasteiger partial charge in [0, 0.05) is 17.1 Å². The van der Waals surface area contributed by atoms with Crippen LogP contribution in [-0.2, 0) is 11.3 Å². The minimum absolute atomic E-state index is 0.164. The molecule has 0 saturated heterocycles. The van der Waals surface area contributed by atoms with Crippen LogP contribution in [0.2, 0.25) is 5.02 Å². The molecule has 0 N–H and O–H groups in total. The Bertz CT molecular complexity index is 941. The Hall–Kier alpha value is -3.12. The second kappa shape index (κ2) is 9.89. The average Bonchev–Trinajstić information content (AvgIpc) is 3.21. The third kappa shape index (κ3) is 5.45. The molecule has 0 bridgehead atoms. The molecule has 1 atom stereocenters. The van der Waals surface area contributed by atoms with Crippen molar-refractivity contribution >= 4 is 17.5 Å². The van der Waals surface area contributed by atoms with E-state index in [-0.39, 0.29) is 12.5 Å². The minimum Gasteiger partial charge on any atom is -0.481 e. The first-order valence-electron chi connectivity index (χ1n) is 9.30. The third-order valence-corrected chi connectivity index (χ3v) is 4.48. The lowest BCUT2D eigenvalue weighted by molar-refractivity contribution is -0.139. The van der Waals surface area contributed by atoms with Gasteiger partial charge in [-0.2, -0.15) is 4.98 Å². The normalized spacial score (nSPS) is 11.7. The molecule has 3 aromatic rings. The SMILES string of the molecule is C=CCN(Cc1nc(-c2ccc(Cl)cc2)no1)C(=O)[C@@H](CC)Oc1ccccc1. The molecule has 0 radical (unpaired) electrons. The maximum atomic E-state index is 13.0. The van der Waals surface area contributed by atoms with Crippen LogP contribution >= 0.6 is 11.6 Å². The maximum absolute atomic E-state index is 13.0. The number of aromatic nitrogens is 2. The van der Waals surface area contributed by atoms with Gasteiger partial charge in [-0.25, -0.2) is 0 Å².